The first-order chi connectivity index (χ1) is 15.2. The van der Waals surface area contributed by atoms with Gasteiger partial charge in [0.2, 0.25) is 5.91 Å². The number of carbonyl (C=O) groups excluding carboxylic acids is 2. The van der Waals surface area contributed by atoms with E-state index in [-0.39, 0.29) is 18.1 Å². The molecular formula is C23H33N5O4. The second-order valence-electron chi connectivity index (χ2n) is 9.35. The van der Waals surface area contributed by atoms with Gasteiger partial charge in [0, 0.05) is 45.8 Å². The van der Waals surface area contributed by atoms with Crippen molar-refractivity contribution in [3.05, 3.63) is 35.4 Å². The van der Waals surface area contributed by atoms with Gasteiger partial charge in [0.15, 0.2) is 0 Å². The quantitative estimate of drug-likeness (QED) is 0.649. The second kappa shape index (κ2) is 10.8. The van der Waals surface area contributed by atoms with Crippen LogP contribution in [-0.4, -0.2) is 85.4 Å². The number of ether oxygens (including phenoxy) is 2. The number of alkyl carbamates (subject to hydrolysis) is 1. The van der Waals surface area contributed by atoms with Crippen molar-refractivity contribution in [3.8, 4) is 6.07 Å². The molecular weight excluding hydrogens is 410 g/mol. The minimum Gasteiger partial charge on any atom is -0.444 e. The van der Waals surface area contributed by atoms with E-state index >= 15 is 0 Å². The zero-order chi connectivity index (χ0) is 23.1. The van der Waals surface area contributed by atoms with Crippen LogP contribution in [0.4, 0.5) is 4.79 Å². The molecule has 9 heteroatoms. The maximum Gasteiger partial charge on any atom is 0.407 e. The molecule has 0 aliphatic carbocycles. The predicted molar refractivity (Wildman–Crippen MR) is 119 cm³/mol. The Balaban J connectivity index is 1.36. The number of benzene rings is 1. The van der Waals surface area contributed by atoms with Gasteiger partial charge in [-0.05, 0) is 38.5 Å². The molecule has 0 aromatic heterocycles. The fourth-order valence-corrected chi connectivity index (χ4v) is 3.96. The van der Waals surface area contributed by atoms with Crippen molar-refractivity contribution >= 4 is 12.0 Å². The summed E-state index contributed by atoms with van der Waals surface area (Å²) in [7, 11) is 0. The van der Waals surface area contributed by atoms with Crippen LogP contribution in [0.3, 0.4) is 0 Å². The van der Waals surface area contributed by atoms with E-state index in [0.29, 0.717) is 38.3 Å². The smallest absolute Gasteiger partial charge is 0.407 e. The second-order valence-corrected chi connectivity index (χ2v) is 9.35. The number of fused-ring (bicyclic) bond motifs is 2. The molecule has 2 saturated heterocycles. The van der Waals surface area contributed by atoms with Crippen LogP contribution in [0.25, 0.3) is 0 Å². The Morgan fingerprint density at radius 1 is 1.09 bits per heavy atom. The van der Waals surface area contributed by atoms with Crippen molar-refractivity contribution in [2.45, 2.75) is 45.1 Å². The molecule has 3 rings (SSSR count). The molecule has 2 aliphatic heterocycles. The lowest BCUT2D eigenvalue weighted by atomic mass is 10.1. The summed E-state index contributed by atoms with van der Waals surface area (Å²) < 4.78 is 11.3. The molecule has 2 heterocycles. The Morgan fingerprint density at radius 2 is 1.72 bits per heavy atom. The third kappa shape index (κ3) is 7.79. The van der Waals surface area contributed by atoms with Crippen molar-refractivity contribution in [1.29, 1.82) is 5.26 Å². The Kier molecular flexibility index (Phi) is 8.07. The summed E-state index contributed by atoms with van der Waals surface area (Å²) in [6.45, 7) is 10.5. The van der Waals surface area contributed by atoms with E-state index in [4.69, 9.17) is 14.7 Å². The van der Waals surface area contributed by atoms with Gasteiger partial charge in [0.05, 0.1) is 30.4 Å². The molecule has 2 atom stereocenters. The van der Waals surface area contributed by atoms with Gasteiger partial charge in [-0.2, -0.15) is 5.26 Å². The number of hydrogen-bond donors (Lipinski definition) is 2. The molecule has 9 nitrogen and oxygen atoms in total. The molecule has 2 fully saturated rings. The number of nitrogens with one attached hydrogen (secondary N) is 2. The average Bonchev–Trinajstić information content (AvgIpc) is 2.70. The number of nitrogens with zero attached hydrogens (tertiary/aromatic N) is 3. The highest BCUT2D eigenvalue weighted by atomic mass is 16.6. The van der Waals surface area contributed by atoms with E-state index in [1.54, 1.807) is 12.1 Å². The van der Waals surface area contributed by atoms with Crippen LogP contribution in [0.2, 0.25) is 0 Å². The lowest BCUT2D eigenvalue weighted by molar-refractivity contribution is -0.144. The summed E-state index contributed by atoms with van der Waals surface area (Å²) in [5, 5.41) is 14.6. The van der Waals surface area contributed by atoms with Crippen LogP contribution in [0.15, 0.2) is 24.3 Å². The third-order valence-electron chi connectivity index (χ3n) is 5.27. The van der Waals surface area contributed by atoms with E-state index in [2.05, 4.69) is 26.5 Å². The Labute approximate surface area is 189 Å². The molecule has 2 bridgehead atoms. The first-order valence-corrected chi connectivity index (χ1v) is 11.0. The van der Waals surface area contributed by atoms with Crippen molar-refractivity contribution in [2.24, 2.45) is 0 Å². The molecule has 32 heavy (non-hydrogen) atoms. The average molecular weight is 444 g/mol. The van der Waals surface area contributed by atoms with Gasteiger partial charge in [0.25, 0.3) is 0 Å². The predicted octanol–water partition coefficient (Wildman–Crippen LogP) is 1.08. The molecule has 2 N–H and O–H groups in total. The molecule has 0 saturated carbocycles. The summed E-state index contributed by atoms with van der Waals surface area (Å²) in [5.74, 6) is -0.0206. The highest BCUT2D eigenvalue weighted by Crippen LogP contribution is 2.18. The summed E-state index contributed by atoms with van der Waals surface area (Å²) in [6, 6.07) is 9.29. The zero-order valence-electron chi connectivity index (χ0n) is 19.1. The SMILES string of the molecule is CC(C)(C)OC(=O)NCCN1CC2CN(CC(=O)NCc3ccc(C#N)cc3)CC(C1)O2. The van der Waals surface area contributed by atoms with E-state index in [0.717, 1.165) is 25.2 Å². The lowest BCUT2D eigenvalue weighted by Gasteiger charge is -2.45. The van der Waals surface area contributed by atoms with Crippen molar-refractivity contribution in [1.82, 2.24) is 20.4 Å². The van der Waals surface area contributed by atoms with Crippen molar-refractivity contribution in [3.63, 3.8) is 0 Å². The van der Waals surface area contributed by atoms with Crippen LogP contribution in [0.1, 0.15) is 31.9 Å². The van der Waals surface area contributed by atoms with Gasteiger partial charge in [-0.15, -0.1) is 0 Å². The minimum absolute atomic E-state index is 0.0206. The van der Waals surface area contributed by atoms with Gasteiger partial charge in [-0.3, -0.25) is 14.6 Å². The first kappa shape index (κ1) is 24.0. The molecule has 2 amide bonds. The summed E-state index contributed by atoms with van der Waals surface area (Å²) in [5.41, 5.74) is 1.07. The highest BCUT2D eigenvalue weighted by molar-refractivity contribution is 5.78. The lowest BCUT2D eigenvalue weighted by Crippen LogP contribution is -2.61. The van der Waals surface area contributed by atoms with E-state index in [9.17, 15) is 9.59 Å². The molecule has 0 spiro atoms. The number of nitriles is 1. The number of hydrogen-bond acceptors (Lipinski definition) is 7. The van der Waals surface area contributed by atoms with Crippen LogP contribution in [0.5, 0.6) is 0 Å². The fraction of sp³-hybridized carbons (Fsp3) is 0.609. The molecule has 2 unspecified atom stereocenters. The van der Waals surface area contributed by atoms with Gasteiger partial charge >= 0.3 is 6.09 Å². The minimum atomic E-state index is -0.502. The summed E-state index contributed by atoms with van der Waals surface area (Å²) >= 11 is 0. The normalized spacial score (nSPS) is 21.4. The summed E-state index contributed by atoms with van der Waals surface area (Å²) in [6.07, 6.45) is -0.296. The Bertz CT molecular complexity index is 816. The number of morpholine rings is 2. The maximum absolute atomic E-state index is 12.4. The number of carbonyl (C=O) groups is 2. The van der Waals surface area contributed by atoms with Gasteiger partial charge in [0.1, 0.15) is 5.60 Å². The van der Waals surface area contributed by atoms with E-state index in [1.165, 1.54) is 0 Å². The monoisotopic (exact) mass is 443 g/mol. The van der Waals surface area contributed by atoms with Crippen molar-refractivity contribution in [2.75, 3.05) is 45.8 Å². The summed E-state index contributed by atoms with van der Waals surface area (Å²) in [4.78, 5) is 28.6. The molecule has 2 aliphatic rings. The van der Waals surface area contributed by atoms with Gasteiger partial charge in [-0.1, -0.05) is 12.1 Å². The topological polar surface area (TPSA) is 107 Å². The zero-order valence-corrected chi connectivity index (χ0v) is 19.1. The largest absolute Gasteiger partial charge is 0.444 e. The first-order valence-electron chi connectivity index (χ1n) is 11.0. The Hall–Kier alpha value is -2.67. The van der Waals surface area contributed by atoms with Crippen LogP contribution >= 0.6 is 0 Å². The van der Waals surface area contributed by atoms with Crippen LogP contribution in [-0.2, 0) is 20.8 Å². The fourth-order valence-electron chi connectivity index (χ4n) is 3.96. The van der Waals surface area contributed by atoms with E-state index < -0.39 is 11.7 Å². The molecule has 174 valence electrons. The standard InChI is InChI=1S/C23H33N5O4/c1-23(2,3)32-22(30)25-8-9-27-12-19-14-28(15-20(13-27)31-19)16-21(29)26-11-18-6-4-17(10-24)5-7-18/h4-7,19-20H,8-9,11-16H2,1-3H3,(H,25,30)(H,26,29). The maximum atomic E-state index is 12.4. The Morgan fingerprint density at radius 3 is 2.31 bits per heavy atom. The van der Waals surface area contributed by atoms with Gasteiger partial charge < -0.3 is 20.1 Å². The molecule has 1 aromatic rings. The van der Waals surface area contributed by atoms with Crippen LogP contribution < -0.4 is 10.6 Å². The van der Waals surface area contributed by atoms with Gasteiger partial charge in [-0.25, -0.2) is 4.79 Å². The van der Waals surface area contributed by atoms with Crippen molar-refractivity contribution < 1.29 is 19.1 Å². The number of amides is 2. The van der Waals surface area contributed by atoms with E-state index in [1.807, 2.05) is 32.9 Å². The van der Waals surface area contributed by atoms with Crippen LogP contribution in [0, 0.1) is 11.3 Å². The number of rotatable bonds is 7. The highest BCUT2D eigenvalue weighted by Gasteiger charge is 2.35. The molecule has 1 aromatic carbocycles. The molecule has 0 radical (unpaired) electrons. The third-order valence-corrected chi connectivity index (χ3v) is 5.27.